The summed E-state index contributed by atoms with van der Waals surface area (Å²) in [4.78, 5) is 43.0. The van der Waals surface area contributed by atoms with E-state index in [1.54, 1.807) is 12.1 Å². The Morgan fingerprint density at radius 1 is 0.447 bits per heavy atom. The Kier molecular flexibility index (Phi) is 4.97. The fourth-order valence-corrected chi connectivity index (χ4v) is 5.01. The summed E-state index contributed by atoms with van der Waals surface area (Å²) < 4.78 is 0. The molecule has 0 unspecified atom stereocenters. The van der Waals surface area contributed by atoms with Crippen molar-refractivity contribution in [3.05, 3.63) is 130 Å². The molecule has 0 aliphatic carbocycles. The Morgan fingerprint density at radius 3 is 1.26 bits per heavy atom. The van der Waals surface area contributed by atoms with Crippen LogP contribution in [0.1, 0.15) is 0 Å². The van der Waals surface area contributed by atoms with Crippen molar-refractivity contribution in [2.75, 3.05) is 0 Å². The highest BCUT2D eigenvalue weighted by atomic mass is 16.1. The highest BCUT2D eigenvalue weighted by molar-refractivity contribution is 6.10. The molecule has 4 bridgehead atoms. The summed E-state index contributed by atoms with van der Waals surface area (Å²) in [6.07, 6.45) is 0. The van der Waals surface area contributed by atoms with Crippen LogP contribution in [-0.4, -0.2) is 19.9 Å². The quantitative estimate of drug-likeness (QED) is 0.254. The standard InChI is InChI=1S/C32H20N4O2/c37-31-27-17-19-9-1-3-11-21(19)29(33-27)23-13-5-7-15-25(23)36-32(38)28-18-20-10-2-4-12-22(20)30(34-28)24-14-6-8-16-26(24)35-31/h1-18H,(H,35,37)(H,36,38). The second-order valence-electron chi connectivity index (χ2n) is 9.15. The van der Waals surface area contributed by atoms with Crippen LogP contribution in [0.4, 0.5) is 0 Å². The van der Waals surface area contributed by atoms with Gasteiger partial charge in [0.25, 0.3) is 11.1 Å². The summed E-state index contributed by atoms with van der Waals surface area (Å²) >= 11 is 0. The van der Waals surface area contributed by atoms with Crippen molar-refractivity contribution in [3.8, 4) is 0 Å². The lowest BCUT2D eigenvalue weighted by atomic mass is 10.1. The first-order valence-electron chi connectivity index (χ1n) is 12.3. The number of pyridine rings is 2. The highest BCUT2D eigenvalue weighted by Gasteiger charge is 2.08. The Hall–Kier alpha value is -5.36. The molecule has 3 heterocycles. The van der Waals surface area contributed by atoms with Gasteiger partial charge in [-0.25, -0.2) is 9.97 Å². The van der Waals surface area contributed by atoms with Crippen LogP contribution < -0.4 is 11.1 Å². The van der Waals surface area contributed by atoms with Crippen molar-refractivity contribution in [2.45, 2.75) is 0 Å². The highest BCUT2D eigenvalue weighted by Crippen LogP contribution is 2.26. The molecular formula is C32H20N4O2. The summed E-state index contributed by atoms with van der Waals surface area (Å²) in [5.74, 6) is 0. The number of rotatable bonds is 0. The van der Waals surface area contributed by atoms with Gasteiger partial charge in [0.2, 0.25) is 0 Å². The van der Waals surface area contributed by atoms with E-state index in [2.05, 4.69) is 9.97 Å². The van der Waals surface area contributed by atoms with Gasteiger partial charge >= 0.3 is 0 Å². The molecule has 180 valence electrons. The molecule has 0 aliphatic rings. The predicted octanol–water partition coefficient (Wildman–Crippen LogP) is 6.46. The molecule has 4 aromatic carbocycles. The largest absolute Gasteiger partial charge is 0.320 e. The van der Waals surface area contributed by atoms with Gasteiger partial charge in [-0.15, -0.1) is 0 Å². The van der Waals surface area contributed by atoms with Crippen LogP contribution in [0.2, 0.25) is 0 Å². The van der Waals surface area contributed by atoms with E-state index in [9.17, 15) is 9.59 Å². The van der Waals surface area contributed by atoms with Gasteiger partial charge in [0, 0.05) is 21.5 Å². The molecule has 0 atom stereocenters. The van der Waals surface area contributed by atoms with Crippen molar-refractivity contribution in [2.24, 2.45) is 0 Å². The van der Waals surface area contributed by atoms with Crippen molar-refractivity contribution in [3.63, 3.8) is 0 Å². The molecule has 3 aromatic heterocycles. The average Bonchev–Trinajstić information content (AvgIpc) is 2.96. The second-order valence-corrected chi connectivity index (χ2v) is 9.15. The van der Waals surface area contributed by atoms with Gasteiger partial charge in [-0.05, 0) is 35.0 Å². The molecular weight excluding hydrogens is 472 g/mol. The van der Waals surface area contributed by atoms with Gasteiger partial charge in [-0.2, -0.15) is 0 Å². The normalized spacial score (nSPS) is 11.4. The fourth-order valence-electron chi connectivity index (χ4n) is 5.01. The van der Waals surface area contributed by atoms with E-state index in [1.165, 1.54) is 0 Å². The molecule has 0 spiro atoms. The van der Waals surface area contributed by atoms with Crippen molar-refractivity contribution < 1.29 is 0 Å². The van der Waals surface area contributed by atoms with Crippen LogP contribution in [0.5, 0.6) is 0 Å². The lowest BCUT2D eigenvalue weighted by molar-refractivity contribution is 1.30. The zero-order chi connectivity index (χ0) is 25.6. The summed E-state index contributed by atoms with van der Waals surface area (Å²) in [5.41, 5.74) is 2.29. The van der Waals surface area contributed by atoms with E-state index in [0.717, 1.165) is 21.5 Å². The predicted molar refractivity (Wildman–Crippen MR) is 155 cm³/mol. The van der Waals surface area contributed by atoms with Gasteiger partial charge in [0.1, 0.15) is 11.0 Å². The molecule has 7 aromatic rings. The zero-order valence-corrected chi connectivity index (χ0v) is 20.1. The Balaban J connectivity index is 1.85. The third-order valence-electron chi connectivity index (χ3n) is 6.81. The minimum absolute atomic E-state index is 0.276. The van der Waals surface area contributed by atoms with Gasteiger partial charge in [0.15, 0.2) is 0 Å². The van der Waals surface area contributed by atoms with E-state index in [-0.39, 0.29) is 22.2 Å². The molecule has 0 radical (unpaired) electrons. The Morgan fingerprint density at radius 2 is 0.816 bits per heavy atom. The van der Waals surface area contributed by atoms with Crippen LogP contribution in [0.15, 0.2) is 119 Å². The SMILES string of the molecule is O=c1[nH]c2ccccc2c2nc(cc3ccccc32)c(=O)[nH]c2ccccc2c2nc1cc1ccccc12. The van der Waals surface area contributed by atoms with Crippen LogP contribution in [-0.2, 0) is 0 Å². The minimum Gasteiger partial charge on any atom is -0.320 e. The van der Waals surface area contributed by atoms with Crippen LogP contribution in [0.25, 0.3) is 65.4 Å². The number of aromatic nitrogens is 4. The minimum atomic E-state index is -0.330. The topological polar surface area (TPSA) is 91.5 Å². The lowest BCUT2D eigenvalue weighted by Crippen LogP contribution is -2.06. The maximum Gasteiger partial charge on any atom is 0.274 e. The summed E-state index contributed by atoms with van der Waals surface area (Å²) in [5, 5.41) is 4.94. The molecule has 7 rings (SSSR count). The van der Waals surface area contributed by atoms with Crippen molar-refractivity contribution in [1.82, 2.24) is 19.9 Å². The van der Waals surface area contributed by atoms with Gasteiger partial charge in [-0.1, -0.05) is 84.9 Å². The third-order valence-corrected chi connectivity index (χ3v) is 6.81. The molecule has 0 amide bonds. The first-order valence-corrected chi connectivity index (χ1v) is 12.3. The van der Waals surface area contributed by atoms with E-state index in [4.69, 9.17) is 9.97 Å². The van der Waals surface area contributed by atoms with Crippen molar-refractivity contribution in [1.29, 1.82) is 0 Å². The number of fused-ring (bicyclic) bond motifs is 12. The monoisotopic (exact) mass is 492 g/mol. The number of nitrogens with zero attached hydrogens (tertiary/aromatic N) is 2. The molecule has 38 heavy (non-hydrogen) atoms. The smallest absolute Gasteiger partial charge is 0.274 e. The van der Waals surface area contributed by atoms with Crippen LogP contribution >= 0.6 is 0 Å². The number of hydrogen-bond donors (Lipinski definition) is 2. The molecule has 0 saturated carbocycles. The van der Waals surface area contributed by atoms with Gasteiger partial charge in [0.05, 0.1) is 22.1 Å². The summed E-state index contributed by atoms with van der Waals surface area (Å²) in [6.45, 7) is 0. The maximum atomic E-state index is 13.6. The van der Waals surface area contributed by atoms with Crippen molar-refractivity contribution >= 4 is 65.4 Å². The molecule has 2 N–H and O–H groups in total. The first kappa shape index (κ1) is 21.9. The molecule has 6 heteroatoms. The molecule has 6 nitrogen and oxygen atoms in total. The third kappa shape index (κ3) is 3.59. The van der Waals surface area contributed by atoms with Gasteiger partial charge in [-0.3, -0.25) is 9.59 Å². The molecule has 0 saturated heterocycles. The number of H-pyrrole nitrogens is 2. The molecule has 0 fully saturated rings. The van der Waals surface area contributed by atoms with Crippen LogP contribution in [0, 0.1) is 0 Å². The fraction of sp³-hybridized carbons (Fsp3) is 0. The first-order chi connectivity index (χ1) is 18.7. The number of aromatic amines is 2. The Bertz CT molecular complexity index is 2140. The maximum absolute atomic E-state index is 13.6. The number of para-hydroxylation sites is 2. The molecule has 0 aliphatic heterocycles. The number of benzene rings is 4. The lowest BCUT2D eigenvalue weighted by Gasteiger charge is -2.04. The van der Waals surface area contributed by atoms with Gasteiger partial charge < -0.3 is 9.97 Å². The van der Waals surface area contributed by atoms with Crippen LogP contribution in [0.3, 0.4) is 0 Å². The summed E-state index contributed by atoms with van der Waals surface area (Å²) in [6, 6.07) is 34.1. The van der Waals surface area contributed by atoms with E-state index in [1.807, 2.05) is 97.1 Å². The van der Waals surface area contributed by atoms with E-state index in [0.29, 0.717) is 32.8 Å². The van der Waals surface area contributed by atoms with E-state index >= 15 is 0 Å². The average molecular weight is 493 g/mol. The van der Waals surface area contributed by atoms with E-state index < -0.39 is 0 Å². The zero-order valence-electron chi connectivity index (χ0n) is 20.1. The second kappa shape index (κ2) is 8.64. The Labute approximate surface area is 215 Å². The number of nitrogens with one attached hydrogen (secondary N) is 2. The summed E-state index contributed by atoms with van der Waals surface area (Å²) in [7, 11) is 0. The number of hydrogen-bond acceptors (Lipinski definition) is 4.